The SMILES string of the molecule is CC1(Cc2ccc(C(F)(F)F)cc2)C(=O)N(c2cc(Cl)cc(Cl)c2)c2ncc(C(=O)NC3(C(=O)O)CC3)n21. The summed E-state index contributed by atoms with van der Waals surface area (Å²) >= 11 is 12.3. The highest BCUT2D eigenvalue weighted by atomic mass is 35.5. The van der Waals surface area contributed by atoms with Crippen LogP contribution in [0, 0.1) is 0 Å². The third-order valence-corrected chi connectivity index (χ3v) is 7.22. The average Bonchev–Trinajstić information content (AvgIpc) is 3.41. The highest BCUT2D eigenvalue weighted by Crippen LogP contribution is 2.44. The van der Waals surface area contributed by atoms with Crippen molar-refractivity contribution in [3.8, 4) is 0 Å². The zero-order valence-corrected chi connectivity index (χ0v) is 21.2. The molecule has 2 heterocycles. The summed E-state index contributed by atoms with van der Waals surface area (Å²) in [6, 6.07) is 8.80. The van der Waals surface area contributed by atoms with Crippen LogP contribution in [0.15, 0.2) is 48.7 Å². The monoisotopic (exact) mass is 566 g/mol. The second-order valence-electron chi connectivity index (χ2n) is 9.53. The zero-order valence-electron chi connectivity index (χ0n) is 19.6. The topological polar surface area (TPSA) is 105 Å². The van der Waals surface area contributed by atoms with Crippen LogP contribution in [-0.4, -0.2) is 38.0 Å². The van der Waals surface area contributed by atoms with Crippen molar-refractivity contribution in [1.29, 1.82) is 0 Å². The Balaban J connectivity index is 1.60. The molecule has 8 nitrogen and oxygen atoms in total. The Hall–Kier alpha value is -3.57. The van der Waals surface area contributed by atoms with Crippen LogP contribution in [0.1, 0.15) is 41.4 Å². The Bertz CT molecular complexity index is 1460. The van der Waals surface area contributed by atoms with Gasteiger partial charge < -0.3 is 10.4 Å². The Morgan fingerprint density at radius 2 is 1.71 bits per heavy atom. The molecule has 1 atom stereocenters. The van der Waals surface area contributed by atoms with Gasteiger partial charge in [0, 0.05) is 16.5 Å². The van der Waals surface area contributed by atoms with Crippen molar-refractivity contribution in [3.05, 3.63) is 75.5 Å². The van der Waals surface area contributed by atoms with Crippen molar-refractivity contribution in [3.63, 3.8) is 0 Å². The number of aromatic nitrogens is 2. The molecule has 5 rings (SSSR count). The lowest BCUT2D eigenvalue weighted by Crippen LogP contribution is -2.46. The van der Waals surface area contributed by atoms with Gasteiger partial charge in [-0.3, -0.25) is 14.2 Å². The van der Waals surface area contributed by atoms with Gasteiger partial charge in [0.1, 0.15) is 16.8 Å². The normalized spacial score (nSPS) is 19.8. The molecule has 2 aliphatic rings. The number of carboxylic acids is 1. The number of nitrogens with zero attached hydrogens (tertiary/aromatic N) is 3. The van der Waals surface area contributed by atoms with Gasteiger partial charge in [0.25, 0.3) is 11.8 Å². The molecule has 1 saturated carbocycles. The number of carbonyl (C=O) groups is 3. The van der Waals surface area contributed by atoms with Crippen LogP contribution >= 0.6 is 23.2 Å². The van der Waals surface area contributed by atoms with Crippen molar-refractivity contribution in [2.75, 3.05) is 4.90 Å². The van der Waals surface area contributed by atoms with Crippen molar-refractivity contribution in [2.24, 2.45) is 0 Å². The molecule has 1 aliphatic carbocycles. The lowest BCUT2D eigenvalue weighted by atomic mass is 9.91. The maximum absolute atomic E-state index is 14.0. The van der Waals surface area contributed by atoms with Crippen LogP contribution in [0.25, 0.3) is 0 Å². The molecule has 0 radical (unpaired) electrons. The predicted octanol–water partition coefficient (Wildman–Crippen LogP) is 5.19. The molecule has 2 amide bonds. The van der Waals surface area contributed by atoms with Gasteiger partial charge in [-0.05, 0) is 55.7 Å². The lowest BCUT2D eigenvalue weighted by Gasteiger charge is -2.27. The maximum atomic E-state index is 14.0. The van der Waals surface area contributed by atoms with E-state index < -0.39 is 40.6 Å². The Labute approximate surface area is 224 Å². The summed E-state index contributed by atoms with van der Waals surface area (Å²) in [5, 5.41) is 12.5. The first-order valence-corrected chi connectivity index (χ1v) is 12.1. The minimum Gasteiger partial charge on any atom is -0.480 e. The van der Waals surface area contributed by atoms with Gasteiger partial charge >= 0.3 is 12.1 Å². The molecular formula is C25H19Cl2F3N4O4. The fourth-order valence-corrected chi connectivity index (χ4v) is 5.15. The summed E-state index contributed by atoms with van der Waals surface area (Å²) in [6.45, 7) is 1.53. The lowest BCUT2D eigenvalue weighted by molar-refractivity contribution is -0.140. The quantitative estimate of drug-likeness (QED) is 0.427. The number of alkyl halides is 3. The second kappa shape index (κ2) is 8.74. The van der Waals surface area contributed by atoms with Crippen molar-refractivity contribution in [1.82, 2.24) is 14.9 Å². The Kier molecular flexibility index (Phi) is 5.99. The van der Waals surface area contributed by atoms with E-state index in [2.05, 4.69) is 10.3 Å². The predicted molar refractivity (Wildman–Crippen MR) is 132 cm³/mol. The number of rotatable bonds is 6. The molecule has 0 bridgehead atoms. The van der Waals surface area contributed by atoms with Crippen molar-refractivity contribution >= 4 is 52.6 Å². The van der Waals surface area contributed by atoms with E-state index in [9.17, 15) is 32.7 Å². The maximum Gasteiger partial charge on any atom is 0.416 e. The van der Waals surface area contributed by atoms with E-state index in [1.54, 1.807) is 0 Å². The third-order valence-electron chi connectivity index (χ3n) is 6.78. The van der Waals surface area contributed by atoms with Crippen LogP contribution in [0.5, 0.6) is 0 Å². The first-order chi connectivity index (χ1) is 17.7. The summed E-state index contributed by atoms with van der Waals surface area (Å²) < 4.78 is 40.6. The molecule has 1 aromatic heterocycles. The summed E-state index contributed by atoms with van der Waals surface area (Å²) in [5.74, 6) is -2.41. The number of fused-ring (bicyclic) bond motifs is 1. The number of nitrogens with one attached hydrogen (secondary N) is 1. The number of carboxylic acid groups (broad SMARTS) is 1. The molecule has 3 aromatic rings. The number of anilines is 2. The number of carbonyl (C=O) groups excluding carboxylic acids is 2. The van der Waals surface area contributed by atoms with E-state index in [4.69, 9.17) is 23.2 Å². The number of benzene rings is 2. The average molecular weight is 567 g/mol. The first-order valence-electron chi connectivity index (χ1n) is 11.4. The van der Waals surface area contributed by atoms with Crippen LogP contribution in [0.3, 0.4) is 0 Å². The highest BCUT2D eigenvalue weighted by molar-refractivity contribution is 6.35. The van der Waals surface area contributed by atoms with Crippen LogP contribution in [0.4, 0.5) is 24.8 Å². The second-order valence-corrected chi connectivity index (χ2v) is 10.4. The largest absolute Gasteiger partial charge is 0.480 e. The van der Waals surface area contributed by atoms with Gasteiger partial charge in [-0.2, -0.15) is 13.2 Å². The Morgan fingerprint density at radius 1 is 1.11 bits per heavy atom. The number of amides is 2. The molecule has 13 heteroatoms. The number of imidazole rings is 1. The molecule has 1 aliphatic heterocycles. The molecule has 198 valence electrons. The molecule has 38 heavy (non-hydrogen) atoms. The van der Waals surface area contributed by atoms with Gasteiger partial charge in [0.2, 0.25) is 5.95 Å². The molecule has 0 spiro atoms. The van der Waals surface area contributed by atoms with Crippen LogP contribution < -0.4 is 10.2 Å². The standard InChI is InChI=1S/C25H19Cl2F3N4O4/c1-23(11-13-2-4-14(5-3-13)25(28,29)30)20(36)33(17-9-15(26)8-16(27)10-17)22-31-12-18(34(22)23)19(35)32-24(6-7-24)21(37)38/h2-5,8-10,12H,6-7,11H2,1H3,(H,32,35)(H,37,38). The first kappa shape index (κ1) is 26.1. The minimum absolute atomic E-state index is 0.0491. The van der Waals surface area contributed by atoms with Crippen molar-refractivity contribution < 1.29 is 32.7 Å². The highest BCUT2D eigenvalue weighted by Gasteiger charge is 2.54. The summed E-state index contributed by atoms with van der Waals surface area (Å²) in [6.07, 6.45) is -2.89. The molecule has 1 fully saturated rings. The number of aliphatic carboxylic acids is 1. The smallest absolute Gasteiger partial charge is 0.416 e. The van der Waals surface area contributed by atoms with E-state index in [1.807, 2.05) is 0 Å². The molecule has 2 N–H and O–H groups in total. The number of hydrogen-bond donors (Lipinski definition) is 2. The van der Waals surface area contributed by atoms with E-state index in [1.165, 1.54) is 52.9 Å². The fraction of sp³-hybridized carbons (Fsp3) is 0.280. The number of halogens is 5. The summed E-state index contributed by atoms with van der Waals surface area (Å²) in [7, 11) is 0. The van der Waals surface area contributed by atoms with Gasteiger partial charge in [0.15, 0.2) is 0 Å². The van der Waals surface area contributed by atoms with Gasteiger partial charge in [-0.15, -0.1) is 0 Å². The Morgan fingerprint density at radius 3 is 2.24 bits per heavy atom. The molecule has 1 unspecified atom stereocenters. The van der Waals surface area contributed by atoms with Crippen molar-refractivity contribution in [2.45, 2.75) is 43.4 Å². The number of hydrogen-bond acceptors (Lipinski definition) is 4. The van der Waals surface area contributed by atoms with E-state index >= 15 is 0 Å². The molecule has 2 aromatic carbocycles. The van der Waals surface area contributed by atoms with Gasteiger partial charge in [-0.1, -0.05) is 35.3 Å². The third kappa shape index (κ3) is 4.29. The van der Waals surface area contributed by atoms with Crippen LogP contribution in [0.2, 0.25) is 10.0 Å². The zero-order chi connectivity index (χ0) is 27.6. The fourth-order valence-electron chi connectivity index (χ4n) is 4.64. The van der Waals surface area contributed by atoms with Crippen LogP contribution in [-0.2, 0) is 27.7 Å². The van der Waals surface area contributed by atoms with E-state index in [0.29, 0.717) is 5.56 Å². The molecular weight excluding hydrogens is 548 g/mol. The minimum atomic E-state index is -4.53. The van der Waals surface area contributed by atoms with E-state index in [-0.39, 0.29) is 46.6 Å². The van der Waals surface area contributed by atoms with Gasteiger partial charge in [-0.25, -0.2) is 14.7 Å². The molecule has 0 saturated heterocycles. The summed E-state index contributed by atoms with van der Waals surface area (Å²) in [4.78, 5) is 44.4. The van der Waals surface area contributed by atoms with E-state index in [0.717, 1.165) is 12.1 Å². The summed E-state index contributed by atoms with van der Waals surface area (Å²) in [5.41, 5.74) is -3.17. The van der Waals surface area contributed by atoms with Gasteiger partial charge in [0.05, 0.1) is 17.4 Å².